The fraction of sp³-hybridized carbons (Fsp3) is 0.536. The summed E-state index contributed by atoms with van der Waals surface area (Å²) in [5.74, 6) is -2.06. The lowest BCUT2D eigenvalue weighted by Gasteiger charge is -2.37. The first kappa shape index (κ1) is 66.6. The molecule has 0 aliphatic carbocycles. The summed E-state index contributed by atoms with van der Waals surface area (Å²) in [6.45, 7) is 5.47. The van der Waals surface area contributed by atoms with Crippen molar-refractivity contribution in [2.75, 3.05) is 102 Å². The standard InChI is InChI=1S/C28H33ClF3N7O3S.C25H27Cl2F3N6O3S.C3H7N.ClH/c1-43(41,42)35-21-9-8-19(29)14-20(21)27(40)38-13-3-2-7-23(38)22-15-25-33-24(36-11-5-12-36)16-26(39(25)34-22)37-10-4-6-18(17-37)28(30,31)32;1-40(38,39)33-18-8-7-16(26)11-17(18)24(37)35-10-3-2-6-20(35)19-12-22-31-21(27)13-23(36(22)32-19)34-9-4-5-15(14-34)25(28,29)30;1-2-4-3-1;/h8-9,14-16,18,23,35H,2-7,10-13,17H2,1H3;7-8,11-13,15,20,33H,2-6,9-10,14H2,1H3;4H,1-3H2;1H/t18?,23-;15?,20-;;/m00../s1. The van der Waals surface area contributed by atoms with Crippen molar-refractivity contribution in [1.82, 2.24) is 44.3 Å². The van der Waals surface area contributed by atoms with Crippen LogP contribution in [0.15, 0.2) is 60.7 Å². The monoisotopic (exact) mass is 1350 g/mol. The van der Waals surface area contributed by atoms with E-state index in [0.717, 1.165) is 57.7 Å². The molecule has 4 atom stereocenters. The largest absolute Gasteiger partial charge is 0.393 e. The molecular formula is C56H68Cl4F6N14O6S2. The van der Waals surface area contributed by atoms with Crippen LogP contribution in [-0.2, 0) is 20.0 Å². The first-order chi connectivity index (χ1) is 41.2. The number of nitrogens with one attached hydrogen (secondary N) is 3. The number of piperidine rings is 4. The van der Waals surface area contributed by atoms with E-state index in [9.17, 15) is 52.8 Å². The number of sulfonamides is 2. The van der Waals surface area contributed by atoms with Crippen molar-refractivity contribution in [3.05, 3.63) is 98.4 Å². The Balaban J connectivity index is 0.000000195. The lowest BCUT2D eigenvalue weighted by Crippen LogP contribution is -2.43. The lowest BCUT2D eigenvalue weighted by atomic mass is 9.97. The van der Waals surface area contributed by atoms with E-state index in [1.165, 1.54) is 66.5 Å². The molecule has 32 heteroatoms. The third-order valence-electron chi connectivity index (χ3n) is 16.3. The highest BCUT2D eigenvalue weighted by atomic mass is 35.5. The van der Waals surface area contributed by atoms with Gasteiger partial charge in [0.15, 0.2) is 11.3 Å². The molecule has 6 saturated heterocycles. The van der Waals surface area contributed by atoms with Gasteiger partial charge in [0.05, 0.1) is 70.3 Å². The quantitative estimate of drug-likeness (QED) is 0.0813. The SMILES string of the molecule is C1CNC1.CS(=O)(=O)Nc1ccc(Cl)cc1C(=O)N1CCCC[C@H]1c1cc2nc(Cl)cc(N3CCCC(C(F)(F)F)C3)n2n1.CS(=O)(=O)Nc1ccc(Cl)cc1C(=O)N1CCCC[C@H]1c1cc2nc(N3CCC3)cc(N3CCCC(C(F)(F)F)C3)n2n1.Cl. The Bertz CT molecular complexity index is 3740. The maximum absolute atomic E-state index is 14.0. The number of likely N-dealkylation sites (tertiary alicyclic amines) is 2. The second-order valence-electron chi connectivity index (χ2n) is 22.8. The number of nitrogens with zero attached hydrogens (tertiary/aromatic N) is 11. The number of rotatable bonds is 11. The third kappa shape index (κ3) is 15.9. The van der Waals surface area contributed by atoms with Gasteiger partial charge in [-0.1, -0.05) is 34.8 Å². The topological polar surface area (TPSA) is 215 Å². The zero-order valence-electron chi connectivity index (χ0n) is 48.1. The van der Waals surface area contributed by atoms with E-state index in [1.54, 1.807) is 30.2 Å². The number of hydrogen-bond donors (Lipinski definition) is 3. The van der Waals surface area contributed by atoms with Crippen molar-refractivity contribution in [3.8, 4) is 0 Å². The van der Waals surface area contributed by atoms with Crippen molar-refractivity contribution in [1.29, 1.82) is 0 Å². The molecule has 0 bridgehead atoms. The van der Waals surface area contributed by atoms with E-state index in [4.69, 9.17) is 50.0 Å². The van der Waals surface area contributed by atoms with Gasteiger partial charge >= 0.3 is 12.4 Å². The molecule has 2 aromatic carbocycles. The Labute approximate surface area is 527 Å². The van der Waals surface area contributed by atoms with E-state index < -0.39 is 68.1 Å². The predicted octanol–water partition coefficient (Wildman–Crippen LogP) is 11.1. The molecule has 0 spiro atoms. The Hall–Kier alpha value is -5.78. The fourth-order valence-electron chi connectivity index (χ4n) is 11.7. The van der Waals surface area contributed by atoms with E-state index in [1.807, 2.05) is 12.1 Å². The first-order valence-electron chi connectivity index (χ1n) is 28.9. The zero-order chi connectivity index (χ0) is 62.2. The number of carbonyl (C=O) groups is 2. The average Bonchev–Trinajstić information content (AvgIpc) is 2.43. The maximum atomic E-state index is 14.0. The number of halogens is 10. The van der Waals surface area contributed by atoms with Crippen molar-refractivity contribution in [2.24, 2.45) is 11.8 Å². The van der Waals surface area contributed by atoms with Crippen LogP contribution in [0.2, 0.25) is 15.2 Å². The van der Waals surface area contributed by atoms with E-state index in [0.29, 0.717) is 92.0 Å². The Kier molecular flexibility index (Phi) is 20.7. The highest BCUT2D eigenvalue weighted by Gasteiger charge is 2.44. The molecule has 6 aromatic rings. The molecule has 10 heterocycles. The molecule has 480 valence electrons. The van der Waals surface area contributed by atoms with Gasteiger partial charge in [-0.25, -0.2) is 26.8 Å². The van der Waals surface area contributed by atoms with E-state index in [-0.39, 0.29) is 76.0 Å². The van der Waals surface area contributed by atoms with Gasteiger partial charge in [0.1, 0.15) is 22.6 Å². The molecule has 20 nitrogen and oxygen atoms in total. The normalized spacial score (nSPS) is 21.1. The highest BCUT2D eigenvalue weighted by molar-refractivity contribution is 7.92. The summed E-state index contributed by atoms with van der Waals surface area (Å²) in [4.78, 5) is 45.6. The van der Waals surface area contributed by atoms with Crippen LogP contribution in [0, 0.1) is 11.8 Å². The first-order valence-corrected chi connectivity index (χ1v) is 33.8. The predicted molar refractivity (Wildman–Crippen MR) is 330 cm³/mol. The van der Waals surface area contributed by atoms with Crippen LogP contribution in [0.5, 0.6) is 0 Å². The van der Waals surface area contributed by atoms with Gasteiger partial charge in [-0.05, 0) is 127 Å². The highest BCUT2D eigenvalue weighted by Crippen LogP contribution is 2.41. The molecule has 6 aliphatic rings. The van der Waals surface area contributed by atoms with Gasteiger partial charge in [0.25, 0.3) is 11.8 Å². The van der Waals surface area contributed by atoms with Crippen molar-refractivity contribution < 1.29 is 52.8 Å². The number of carbonyl (C=O) groups excluding carboxylic acids is 2. The maximum Gasteiger partial charge on any atom is 0.393 e. The Morgan fingerprint density at radius 3 is 1.36 bits per heavy atom. The Morgan fingerprint density at radius 1 is 0.545 bits per heavy atom. The fourth-order valence-corrected chi connectivity index (χ4v) is 13.4. The molecule has 6 aliphatic heterocycles. The summed E-state index contributed by atoms with van der Waals surface area (Å²) in [5, 5.41) is 13.3. The minimum Gasteiger partial charge on any atom is -0.356 e. The summed E-state index contributed by atoms with van der Waals surface area (Å²) < 4.78 is 137. The number of aromatic nitrogens is 6. The Morgan fingerprint density at radius 2 is 0.966 bits per heavy atom. The smallest absolute Gasteiger partial charge is 0.356 e. The molecule has 2 amide bonds. The van der Waals surface area contributed by atoms with Crippen LogP contribution in [0.25, 0.3) is 11.3 Å². The second kappa shape index (κ2) is 27.4. The molecule has 3 N–H and O–H groups in total. The molecule has 4 aromatic heterocycles. The van der Waals surface area contributed by atoms with Crippen LogP contribution in [0.4, 0.5) is 55.2 Å². The molecule has 0 saturated carbocycles. The third-order valence-corrected chi connectivity index (χ3v) is 18.2. The van der Waals surface area contributed by atoms with Gasteiger partial charge < -0.3 is 29.8 Å². The number of hydrogen-bond acceptors (Lipinski definition) is 14. The van der Waals surface area contributed by atoms with Crippen LogP contribution in [-0.4, -0.2) is 158 Å². The molecular weight excluding hydrogens is 1280 g/mol. The van der Waals surface area contributed by atoms with Gasteiger partial charge in [0, 0.05) is 86.7 Å². The van der Waals surface area contributed by atoms with Gasteiger partial charge in [0.2, 0.25) is 20.0 Å². The van der Waals surface area contributed by atoms with Crippen molar-refractivity contribution in [2.45, 2.75) is 101 Å². The number of benzene rings is 2. The summed E-state index contributed by atoms with van der Waals surface area (Å²) in [7, 11) is -7.33. The zero-order valence-corrected chi connectivity index (χ0v) is 52.9. The summed E-state index contributed by atoms with van der Waals surface area (Å²) >= 11 is 18.7. The minimum atomic E-state index is -4.31. The summed E-state index contributed by atoms with van der Waals surface area (Å²) in [6, 6.07) is 14.6. The minimum absolute atomic E-state index is 0. The van der Waals surface area contributed by atoms with Gasteiger partial charge in [-0.2, -0.15) is 45.6 Å². The van der Waals surface area contributed by atoms with Crippen LogP contribution < -0.4 is 29.5 Å². The van der Waals surface area contributed by atoms with Crippen LogP contribution in [0.1, 0.15) is 121 Å². The van der Waals surface area contributed by atoms with Gasteiger partial charge in [-0.15, -0.1) is 12.4 Å². The lowest BCUT2D eigenvalue weighted by molar-refractivity contribution is -0.176. The number of alkyl halides is 6. The average molecular weight is 1350 g/mol. The van der Waals surface area contributed by atoms with E-state index in [2.05, 4.69) is 24.6 Å². The summed E-state index contributed by atoms with van der Waals surface area (Å²) in [6.07, 6.45) is 1.07. The molecule has 0 radical (unpaired) electrons. The number of amides is 2. The van der Waals surface area contributed by atoms with E-state index >= 15 is 0 Å². The number of anilines is 5. The van der Waals surface area contributed by atoms with Crippen molar-refractivity contribution >= 4 is 119 Å². The molecule has 6 fully saturated rings. The molecule has 2 unspecified atom stereocenters. The number of fused-ring (bicyclic) bond motifs is 2. The van der Waals surface area contributed by atoms with Crippen LogP contribution in [0.3, 0.4) is 0 Å². The van der Waals surface area contributed by atoms with Crippen LogP contribution >= 0.6 is 47.2 Å². The molecule has 12 rings (SSSR count). The second-order valence-corrected chi connectivity index (χ2v) is 27.6. The molecule has 88 heavy (non-hydrogen) atoms. The van der Waals surface area contributed by atoms with Crippen molar-refractivity contribution in [3.63, 3.8) is 0 Å². The summed E-state index contributed by atoms with van der Waals surface area (Å²) in [5.41, 5.74) is 2.40. The van der Waals surface area contributed by atoms with Gasteiger partial charge in [-0.3, -0.25) is 19.0 Å².